The number of fused-ring (bicyclic) bond motifs is 1. The van der Waals surface area contributed by atoms with Gasteiger partial charge >= 0.3 is 0 Å². The highest BCUT2D eigenvalue weighted by Gasteiger charge is 2.13. The van der Waals surface area contributed by atoms with Crippen molar-refractivity contribution >= 4 is 11.5 Å². The average Bonchev–Trinajstić information content (AvgIpc) is 3.08. The molecule has 0 radical (unpaired) electrons. The van der Waals surface area contributed by atoms with E-state index in [1.807, 2.05) is 61.5 Å². The predicted molar refractivity (Wildman–Crippen MR) is 106 cm³/mol. The van der Waals surface area contributed by atoms with Crippen LogP contribution in [-0.2, 0) is 13.0 Å². The van der Waals surface area contributed by atoms with Gasteiger partial charge in [0.1, 0.15) is 5.82 Å². The second-order valence-corrected chi connectivity index (χ2v) is 6.67. The topological polar surface area (TPSA) is 75.1 Å². The molecule has 4 rings (SSSR count). The van der Waals surface area contributed by atoms with E-state index < -0.39 is 0 Å². The van der Waals surface area contributed by atoms with Crippen LogP contribution < -0.4 is 10.9 Å². The fraction of sp³-hybridized carbons (Fsp3) is 0.190. The van der Waals surface area contributed by atoms with Gasteiger partial charge in [-0.15, -0.1) is 0 Å². The molecule has 6 nitrogen and oxygen atoms in total. The summed E-state index contributed by atoms with van der Waals surface area (Å²) in [5.74, 6) is 1.06. The SMILES string of the molecule is Cc1ccc(NCc2nc3nc(C)c(Cc4ccccc4)c(=O)n3[nH]2)cc1. The van der Waals surface area contributed by atoms with Gasteiger partial charge in [-0.05, 0) is 31.5 Å². The number of hydrogen-bond donors (Lipinski definition) is 2. The van der Waals surface area contributed by atoms with Crippen molar-refractivity contribution in [1.82, 2.24) is 19.6 Å². The first-order chi connectivity index (χ1) is 13.1. The van der Waals surface area contributed by atoms with Crippen LogP contribution in [0.3, 0.4) is 0 Å². The molecule has 0 aliphatic rings. The summed E-state index contributed by atoms with van der Waals surface area (Å²) < 4.78 is 1.43. The lowest BCUT2D eigenvalue weighted by Gasteiger charge is -2.05. The van der Waals surface area contributed by atoms with Crippen molar-refractivity contribution < 1.29 is 0 Å². The minimum atomic E-state index is -0.101. The molecule has 0 unspecified atom stereocenters. The Morgan fingerprint density at radius 1 is 1.00 bits per heavy atom. The molecule has 136 valence electrons. The molecule has 2 aromatic heterocycles. The van der Waals surface area contributed by atoms with E-state index in [9.17, 15) is 4.79 Å². The number of anilines is 1. The summed E-state index contributed by atoms with van der Waals surface area (Å²) in [5, 5.41) is 6.37. The highest BCUT2D eigenvalue weighted by Crippen LogP contribution is 2.11. The third-order valence-electron chi connectivity index (χ3n) is 4.58. The third kappa shape index (κ3) is 3.60. The molecule has 2 aromatic carbocycles. The van der Waals surface area contributed by atoms with E-state index in [0.29, 0.717) is 35.8 Å². The van der Waals surface area contributed by atoms with Gasteiger partial charge in [0, 0.05) is 17.7 Å². The molecular formula is C21H21N5O. The molecule has 0 spiro atoms. The van der Waals surface area contributed by atoms with Gasteiger partial charge in [-0.1, -0.05) is 48.0 Å². The van der Waals surface area contributed by atoms with Gasteiger partial charge in [-0.2, -0.15) is 9.50 Å². The van der Waals surface area contributed by atoms with Crippen molar-refractivity contribution in [3.63, 3.8) is 0 Å². The molecule has 0 saturated carbocycles. The molecule has 6 heteroatoms. The van der Waals surface area contributed by atoms with Gasteiger partial charge in [0.15, 0.2) is 0 Å². The number of nitrogens with one attached hydrogen (secondary N) is 2. The van der Waals surface area contributed by atoms with Crippen LogP contribution in [0.5, 0.6) is 0 Å². The number of nitrogens with zero attached hydrogens (tertiary/aromatic N) is 3. The molecule has 0 bridgehead atoms. The molecule has 2 heterocycles. The lowest BCUT2D eigenvalue weighted by Crippen LogP contribution is -2.22. The van der Waals surface area contributed by atoms with Gasteiger partial charge in [0.05, 0.1) is 12.2 Å². The standard InChI is InChI=1S/C21H21N5O/c1-14-8-10-17(11-9-14)22-13-19-24-21-23-15(2)18(20(27)26(21)25-19)12-16-6-4-3-5-7-16/h3-11,22H,12-13H2,1-2H3,(H,23,24,25). The van der Waals surface area contributed by atoms with Crippen molar-refractivity contribution in [2.24, 2.45) is 0 Å². The van der Waals surface area contributed by atoms with Crippen LogP contribution in [0.2, 0.25) is 0 Å². The minimum absolute atomic E-state index is 0.101. The smallest absolute Gasteiger partial charge is 0.277 e. The first-order valence-corrected chi connectivity index (χ1v) is 8.92. The maximum Gasteiger partial charge on any atom is 0.277 e. The van der Waals surface area contributed by atoms with Crippen LogP contribution in [0.15, 0.2) is 59.4 Å². The number of aromatic nitrogens is 4. The Morgan fingerprint density at radius 2 is 1.74 bits per heavy atom. The lowest BCUT2D eigenvalue weighted by molar-refractivity contribution is 0.832. The van der Waals surface area contributed by atoms with Gasteiger partial charge < -0.3 is 5.32 Å². The number of H-pyrrole nitrogens is 1. The maximum atomic E-state index is 12.9. The quantitative estimate of drug-likeness (QED) is 0.574. The van der Waals surface area contributed by atoms with E-state index in [1.54, 1.807) is 0 Å². The summed E-state index contributed by atoms with van der Waals surface area (Å²) in [6.45, 7) is 4.40. The summed E-state index contributed by atoms with van der Waals surface area (Å²) in [6, 6.07) is 18.1. The van der Waals surface area contributed by atoms with E-state index in [1.165, 1.54) is 10.1 Å². The molecule has 0 amide bonds. The number of benzene rings is 2. The molecule has 0 saturated heterocycles. The summed E-state index contributed by atoms with van der Waals surface area (Å²) in [7, 11) is 0. The predicted octanol–water partition coefficient (Wildman–Crippen LogP) is 3.24. The van der Waals surface area contributed by atoms with Crippen LogP contribution in [0, 0.1) is 13.8 Å². The van der Waals surface area contributed by atoms with Gasteiger partial charge in [-0.3, -0.25) is 9.89 Å². The van der Waals surface area contributed by atoms with Crippen molar-refractivity contribution in [1.29, 1.82) is 0 Å². The Labute approximate surface area is 156 Å². The van der Waals surface area contributed by atoms with Crippen LogP contribution >= 0.6 is 0 Å². The van der Waals surface area contributed by atoms with Crippen LogP contribution in [0.25, 0.3) is 5.78 Å². The molecule has 0 atom stereocenters. The van der Waals surface area contributed by atoms with Gasteiger partial charge in [0.2, 0.25) is 0 Å². The van der Waals surface area contributed by atoms with Crippen molar-refractivity contribution in [2.45, 2.75) is 26.8 Å². The number of rotatable bonds is 5. The minimum Gasteiger partial charge on any atom is -0.378 e. The molecule has 2 N–H and O–H groups in total. The van der Waals surface area contributed by atoms with Gasteiger partial charge in [0.25, 0.3) is 11.3 Å². The zero-order valence-corrected chi connectivity index (χ0v) is 15.4. The Kier molecular flexibility index (Phi) is 4.46. The van der Waals surface area contributed by atoms with E-state index in [4.69, 9.17) is 0 Å². The molecular weight excluding hydrogens is 338 g/mol. The highest BCUT2D eigenvalue weighted by molar-refractivity contribution is 5.44. The lowest BCUT2D eigenvalue weighted by atomic mass is 10.1. The number of aromatic amines is 1. The van der Waals surface area contributed by atoms with Crippen LogP contribution in [-0.4, -0.2) is 19.6 Å². The van der Waals surface area contributed by atoms with Crippen LogP contribution in [0.1, 0.15) is 28.2 Å². The number of aryl methyl sites for hydroxylation is 2. The monoisotopic (exact) mass is 359 g/mol. The Bertz CT molecular complexity index is 1130. The highest BCUT2D eigenvalue weighted by atomic mass is 16.1. The molecule has 0 fully saturated rings. The van der Waals surface area contributed by atoms with E-state index in [-0.39, 0.29) is 5.56 Å². The Hall–Kier alpha value is -3.41. The summed E-state index contributed by atoms with van der Waals surface area (Å²) in [4.78, 5) is 21.9. The summed E-state index contributed by atoms with van der Waals surface area (Å²) in [5.41, 5.74) is 4.59. The normalized spacial score (nSPS) is 11.0. The fourth-order valence-electron chi connectivity index (χ4n) is 3.04. The van der Waals surface area contributed by atoms with Crippen molar-refractivity contribution in [3.8, 4) is 0 Å². The third-order valence-corrected chi connectivity index (χ3v) is 4.58. The zero-order valence-electron chi connectivity index (χ0n) is 15.4. The van der Waals surface area contributed by atoms with Gasteiger partial charge in [-0.25, -0.2) is 4.98 Å². The molecule has 4 aromatic rings. The molecule has 27 heavy (non-hydrogen) atoms. The average molecular weight is 359 g/mol. The van der Waals surface area contributed by atoms with Crippen LogP contribution in [0.4, 0.5) is 5.69 Å². The zero-order chi connectivity index (χ0) is 18.8. The molecule has 0 aliphatic carbocycles. The first-order valence-electron chi connectivity index (χ1n) is 8.92. The van der Waals surface area contributed by atoms with Crippen molar-refractivity contribution in [2.75, 3.05) is 5.32 Å². The van der Waals surface area contributed by atoms with E-state index in [0.717, 1.165) is 11.3 Å². The maximum absolute atomic E-state index is 12.9. The summed E-state index contributed by atoms with van der Waals surface area (Å²) in [6.07, 6.45) is 0.553. The Balaban J connectivity index is 1.61. The largest absolute Gasteiger partial charge is 0.378 e. The van der Waals surface area contributed by atoms with E-state index in [2.05, 4.69) is 27.3 Å². The van der Waals surface area contributed by atoms with Crippen molar-refractivity contribution in [3.05, 3.63) is 93.2 Å². The second kappa shape index (κ2) is 7.07. The van der Waals surface area contributed by atoms with E-state index >= 15 is 0 Å². The number of hydrogen-bond acceptors (Lipinski definition) is 4. The first kappa shape index (κ1) is 17.0. The molecule has 0 aliphatic heterocycles. The second-order valence-electron chi connectivity index (χ2n) is 6.67. The fourth-order valence-corrected chi connectivity index (χ4v) is 3.04. The Morgan fingerprint density at radius 3 is 2.48 bits per heavy atom. The summed E-state index contributed by atoms with van der Waals surface area (Å²) >= 11 is 0.